The third-order valence-corrected chi connectivity index (χ3v) is 2.55. The first-order chi connectivity index (χ1) is 9.08. The number of anilines is 1. The molecule has 0 spiro atoms. The summed E-state index contributed by atoms with van der Waals surface area (Å²) < 4.78 is 13.4. The first-order valence-corrected chi connectivity index (χ1v) is 5.54. The highest BCUT2D eigenvalue weighted by molar-refractivity contribution is 5.50. The number of hydrogen-bond donors (Lipinski definition) is 1. The predicted molar refractivity (Wildman–Crippen MR) is 67.1 cm³/mol. The van der Waals surface area contributed by atoms with Gasteiger partial charge in [0.2, 0.25) is 5.82 Å². The predicted octanol–water partition coefficient (Wildman–Crippen LogP) is 2.70. The molecule has 1 aromatic heterocycles. The van der Waals surface area contributed by atoms with Crippen molar-refractivity contribution in [1.82, 2.24) is 9.97 Å². The first-order valence-electron chi connectivity index (χ1n) is 5.54. The van der Waals surface area contributed by atoms with Crippen molar-refractivity contribution in [3.05, 3.63) is 58.4 Å². The second kappa shape index (κ2) is 5.38. The average molecular weight is 262 g/mol. The van der Waals surface area contributed by atoms with Gasteiger partial charge in [-0.1, -0.05) is 0 Å². The molecule has 0 aliphatic carbocycles. The third kappa shape index (κ3) is 3.01. The van der Waals surface area contributed by atoms with Gasteiger partial charge in [0.25, 0.3) is 0 Å². The van der Waals surface area contributed by atoms with E-state index >= 15 is 0 Å². The van der Waals surface area contributed by atoms with Crippen molar-refractivity contribution in [1.29, 1.82) is 0 Å². The van der Waals surface area contributed by atoms with E-state index in [1.54, 1.807) is 18.6 Å². The molecule has 1 heterocycles. The van der Waals surface area contributed by atoms with Gasteiger partial charge in [0.05, 0.1) is 22.9 Å². The summed E-state index contributed by atoms with van der Waals surface area (Å²) in [6, 6.07) is 3.48. The Morgan fingerprint density at radius 3 is 2.79 bits per heavy atom. The van der Waals surface area contributed by atoms with Crippen LogP contribution in [0.5, 0.6) is 0 Å². The lowest BCUT2D eigenvalue weighted by molar-refractivity contribution is -0.387. The van der Waals surface area contributed by atoms with Crippen molar-refractivity contribution >= 4 is 11.4 Å². The summed E-state index contributed by atoms with van der Waals surface area (Å²) in [4.78, 5) is 17.8. The molecule has 0 amide bonds. The zero-order chi connectivity index (χ0) is 13.8. The first kappa shape index (κ1) is 12.9. The van der Waals surface area contributed by atoms with E-state index in [1.807, 2.05) is 6.92 Å². The fourth-order valence-electron chi connectivity index (χ4n) is 1.60. The smallest absolute Gasteiger partial charge is 0.304 e. The summed E-state index contributed by atoms with van der Waals surface area (Å²) in [7, 11) is 0. The minimum absolute atomic E-state index is 0.186. The summed E-state index contributed by atoms with van der Waals surface area (Å²) >= 11 is 0. The summed E-state index contributed by atoms with van der Waals surface area (Å²) in [6.45, 7) is 1.84. The fourth-order valence-corrected chi connectivity index (χ4v) is 1.60. The molecule has 1 N–H and O–H groups in total. The highest BCUT2D eigenvalue weighted by Gasteiger charge is 2.15. The Morgan fingerprint density at radius 2 is 2.21 bits per heavy atom. The maximum atomic E-state index is 13.4. The van der Waals surface area contributed by atoms with Crippen molar-refractivity contribution in [3.63, 3.8) is 0 Å². The Bertz CT molecular complexity index is 592. The second-order valence-electron chi connectivity index (χ2n) is 3.92. The molecule has 0 saturated carbocycles. The number of nitro groups is 1. The molecule has 7 heteroatoms. The third-order valence-electron chi connectivity index (χ3n) is 2.55. The highest BCUT2D eigenvalue weighted by atomic mass is 19.1. The van der Waals surface area contributed by atoms with Crippen LogP contribution in [0.1, 0.15) is 18.7 Å². The molecule has 1 atom stereocenters. The molecule has 0 aliphatic rings. The zero-order valence-electron chi connectivity index (χ0n) is 10.1. The van der Waals surface area contributed by atoms with Gasteiger partial charge in [-0.05, 0) is 13.0 Å². The number of nitro benzene ring substituents is 1. The molecule has 2 aromatic rings. The molecule has 0 aliphatic heterocycles. The molecule has 0 radical (unpaired) electrons. The standard InChI is InChI=1S/C12H11FN4O2/c1-8(11-7-14-4-5-15-11)16-9-2-3-12(17(18)19)10(13)6-9/h2-8,16H,1H3. The van der Waals surface area contributed by atoms with E-state index in [2.05, 4.69) is 15.3 Å². The Morgan fingerprint density at radius 1 is 1.42 bits per heavy atom. The number of nitrogens with one attached hydrogen (secondary N) is 1. The van der Waals surface area contributed by atoms with E-state index in [1.165, 1.54) is 6.07 Å². The fraction of sp³-hybridized carbons (Fsp3) is 0.167. The maximum absolute atomic E-state index is 13.4. The Hall–Kier alpha value is -2.57. The summed E-state index contributed by atoms with van der Waals surface area (Å²) in [5.74, 6) is -0.874. The SMILES string of the molecule is CC(Nc1ccc([N+](=O)[O-])c(F)c1)c1cnccn1. The van der Waals surface area contributed by atoms with E-state index in [-0.39, 0.29) is 6.04 Å². The molecule has 6 nitrogen and oxygen atoms in total. The van der Waals surface area contributed by atoms with Gasteiger partial charge < -0.3 is 5.32 Å². The monoisotopic (exact) mass is 262 g/mol. The lowest BCUT2D eigenvalue weighted by Crippen LogP contribution is -2.09. The van der Waals surface area contributed by atoms with Crippen LogP contribution in [-0.4, -0.2) is 14.9 Å². The van der Waals surface area contributed by atoms with Crippen LogP contribution >= 0.6 is 0 Å². The molecule has 0 bridgehead atoms. The normalized spacial score (nSPS) is 11.9. The lowest BCUT2D eigenvalue weighted by atomic mass is 10.2. The average Bonchev–Trinajstić information content (AvgIpc) is 2.39. The van der Waals surface area contributed by atoms with Crippen LogP contribution < -0.4 is 5.32 Å². The minimum atomic E-state index is -0.874. The van der Waals surface area contributed by atoms with Gasteiger partial charge in [-0.2, -0.15) is 4.39 Å². The van der Waals surface area contributed by atoms with Gasteiger partial charge in [0.1, 0.15) is 0 Å². The second-order valence-corrected chi connectivity index (χ2v) is 3.92. The number of halogens is 1. The van der Waals surface area contributed by atoms with Crippen LogP contribution in [0, 0.1) is 15.9 Å². The summed E-state index contributed by atoms with van der Waals surface area (Å²) in [5.41, 5.74) is 0.597. The Labute approximate surface area is 108 Å². The quantitative estimate of drug-likeness (QED) is 0.676. The number of hydrogen-bond acceptors (Lipinski definition) is 5. The lowest BCUT2D eigenvalue weighted by Gasteiger charge is -2.14. The van der Waals surface area contributed by atoms with E-state index in [0.717, 1.165) is 12.1 Å². The number of nitrogens with zero attached hydrogens (tertiary/aromatic N) is 3. The molecule has 19 heavy (non-hydrogen) atoms. The van der Waals surface area contributed by atoms with Crippen LogP contribution in [0.25, 0.3) is 0 Å². The van der Waals surface area contributed by atoms with Gasteiger partial charge in [-0.3, -0.25) is 20.1 Å². The molecule has 98 valence electrons. The van der Waals surface area contributed by atoms with Crippen LogP contribution in [0.15, 0.2) is 36.8 Å². The van der Waals surface area contributed by atoms with Crippen molar-refractivity contribution in [2.45, 2.75) is 13.0 Å². The molecular formula is C12H11FN4O2. The largest absolute Gasteiger partial charge is 0.377 e. The Kier molecular flexibility index (Phi) is 3.65. The van der Waals surface area contributed by atoms with Gasteiger partial charge >= 0.3 is 5.69 Å². The molecule has 0 fully saturated rings. The summed E-state index contributed by atoms with van der Waals surface area (Å²) in [6.07, 6.45) is 4.71. The van der Waals surface area contributed by atoms with Gasteiger partial charge in [0.15, 0.2) is 0 Å². The highest BCUT2D eigenvalue weighted by Crippen LogP contribution is 2.23. The van der Waals surface area contributed by atoms with Crippen LogP contribution in [0.4, 0.5) is 15.8 Å². The molecule has 0 saturated heterocycles. The van der Waals surface area contributed by atoms with E-state index < -0.39 is 16.4 Å². The molecular weight excluding hydrogens is 251 g/mol. The molecule has 2 rings (SSSR count). The topological polar surface area (TPSA) is 81.0 Å². The van der Waals surface area contributed by atoms with Crippen molar-refractivity contribution in [3.8, 4) is 0 Å². The number of aromatic nitrogens is 2. The van der Waals surface area contributed by atoms with Crippen molar-refractivity contribution in [2.75, 3.05) is 5.32 Å². The number of rotatable bonds is 4. The Balaban J connectivity index is 2.16. The zero-order valence-corrected chi connectivity index (χ0v) is 10.1. The van der Waals surface area contributed by atoms with Crippen LogP contribution in [0.2, 0.25) is 0 Å². The van der Waals surface area contributed by atoms with Gasteiger partial charge in [-0.25, -0.2) is 0 Å². The molecule has 1 aromatic carbocycles. The van der Waals surface area contributed by atoms with Gasteiger partial charge in [0, 0.05) is 30.2 Å². The minimum Gasteiger partial charge on any atom is -0.377 e. The summed E-state index contributed by atoms with van der Waals surface area (Å²) in [5, 5.41) is 13.5. The number of benzene rings is 1. The van der Waals surface area contributed by atoms with Crippen LogP contribution in [-0.2, 0) is 0 Å². The van der Waals surface area contributed by atoms with E-state index in [0.29, 0.717) is 11.4 Å². The van der Waals surface area contributed by atoms with E-state index in [9.17, 15) is 14.5 Å². The van der Waals surface area contributed by atoms with Gasteiger partial charge in [-0.15, -0.1) is 0 Å². The van der Waals surface area contributed by atoms with E-state index in [4.69, 9.17) is 0 Å². The maximum Gasteiger partial charge on any atom is 0.304 e. The van der Waals surface area contributed by atoms with Crippen LogP contribution in [0.3, 0.4) is 0 Å². The molecule has 1 unspecified atom stereocenters. The van der Waals surface area contributed by atoms with Crippen molar-refractivity contribution in [2.24, 2.45) is 0 Å². The van der Waals surface area contributed by atoms with Crippen molar-refractivity contribution < 1.29 is 9.31 Å².